The van der Waals surface area contributed by atoms with Gasteiger partial charge >= 0.3 is 0 Å². The third kappa shape index (κ3) is 1.28. The van der Waals surface area contributed by atoms with E-state index < -0.39 is 6.10 Å². The van der Waals surface area contributed by atoms with Crippen LogP contribution in [-0.4, -0.2) is 5.11 Å². The minimum Gasteiger partial charge on any atom is -0.373 e. The molecule has 1 N–H and O–H groups in total. The molecule has 1 atom stereocenters. The molecule has 1 heterocycles. The van der Waals surface area contributed by atoms with Crippen LogP contribution in [0.4, 0.5) is 0 Å². The molecule has 0 aromatic carbocycles. The zero-order chi connectivity index (χ0) is 6.69. The van der Waals surface area contributed by atoms with Crippen LogP contribution < -0.4 is 0 Å². The Morgan fingerprint density at radius 2 is 2.56 bits per heavy atom. The molecule has 1 rings (SSSR count). The highest BCUT2D eigenvalue weighted by Crippen LogP contribution is 2.16. The summed E-state index contributed by atoms with van der Waals surface area (Å²) in [6, 6.07) is 5.27. The molecule has 0 bridgehead atoms. The molecule has 0 radical (unpaired) electrons. The fourth-order valence-corrected chi connectivity index (χ4v) is 1.16. The minimum absolute atomic E-state index is 0.706. The molecule has 9 heavy (non-hydrogen) atoms. The maximum atomic E-state index is 8.87. The molecule has 0 amide bonds. The van der Waals surface area contributed by atoms with Crippen LogP contribution in [0.1, 0.15) is 11.0 Å². The van der Waals surface area contributed by atoms with Crippen molar-refractivity contribution in [1.82, 2.24) is 0 Å². The van der Waals surface area contributed by atoms with Gasteiger partial charge in [-0.2, -0.15) is 5.26 Å². The van der Waals surface area contributed by atoms with Crippen molar-refractivity contribution < 1.29 is 5.11 Å². The van der Waals surface area contributed by atoms with E-state index in [0.717, 1.165) is 0 Å². The molecule has 0 aliphatic heterocycles. The maximum Gasteiger partial charge on any atom is 0.175 e. The standard InChI is InChI=1S/C6H5NOS/c7-4-5(8)6-2-1-3-9-6/h1-3,5,8H/t5-/m1/s1. The van der Waals surface area contributed by atoms with Crippen molar-refractivity contribution in [1.29, 1.82) is 5.26 Å². The van der Waals surface area contributed by atoms with Gasteiger partial charge in [-0.05, 0) is 11.4 Å². The average Bonchev–Trinajstić information content (AvgIpc) is 2.37. The van der Waals surface area contributed by atoms with Crippen molar-refractivity contribution in [2.24, 2.45) is 0 Å². The Labute approximate surface area is 57.0 Å². The number of nitrogens with zero attached hydrogens (tertiary/aromatic N) is 1. The average molecular weight is 139 g/mol. The normalized spacial score (nSPS) is 12.4. The Hall–Kier alpha value is -0.850. The molecular formula is C6H5NOS. The maximum absolute atomic E-state index is 8.87. The number of nitriles is 1. The molecule has 1 aromatic heterocycles. The summed E-state index contributed by atoms with van der Waals surface area (Å²) in [5.74, 6) is 0. The molecule has 2 nitrogen and oxygen atoms in total. The summed E-state index contributed by atoms with van der Waals surface area (Å²) in [5.41, 5.74) is 0. The van der Waals surface area contributed by atoms with Gasteiger partial charge in [0.15, 0.2) is 6.10 Å². The van der Waals surface area contributed by atoms with E-state index in [1.807, 2.05) is 5.38 Å². The summed E-state index contributed by atoms with van der Waals surface area (Å²) in [6.45, 7) is 0. The summed E-state index contributed by atoms with van der Waals surface area (Å²) < 4.78 is 0. The van der Waals surface area contributed by atoms with Crippen molar-refractivity contribution in [3.63, 3.8) is 0 Å². The number of hydrogen-bond acceptors (Lipinski definition) is 3. The van der Waals surface area contributed by atoms with E-state index in [9.17, 15) is 0 Å². The van der Waals surface area contributed by atoms with Crippen LogP contribution in [0.2, 0.25) is 0 Å². The highest BCUT2D eigenvalue weighted by Gasteiger charge is 2.03. The Kier molecular flexibility index (Phi) is 1.83. The topological polar surface area (TPSA) is 44.0 Å². The molecule has 46 valence electrons. The van der Waals surface area contributed by atoms with E-state index in [1.54, 1.807) is 18.2 Å². The Morgan fingerprint density at radius 3 is 3.00 bits per heavy atom. The third-order valence-electron chi connectivity index (χ3n) is 0.935. The second-order valence-electron chi connectivity index (χ2n) is 1.55. The Balaban J connectivity index is 2.80. The molecule has 0 saturated carbocycles. The van der Waals surface area contributed by atoms with Crippen molar-refractivity contribution in [2.45, 2.75) is 6.10 Å². The van der Waals surface area contributed by atoms with Gasteiger partial charge < -0.3 is 5.11 Å². The van der Waals surface area contributed by atoms with Crippen molar-refractivity contribution in [2.75, 3.05) is 0 Å². The number of aliphatic hydroxyl groups is 1. The van der Waals surface area contributed by atoms with E-state index in [1.165, 1.54) is 11.3 Å². The molecule has 0 spiro atoms. The van der Waals surface area contributed by atoms with Gasteiger partial charge in [0.1, 0.15) is 0 Å². The lowest BCUT2D eigenvalue weighted by Gasteiger charge is -1.92. The summed E-state index contributed by atoms with van der Waals surface area (Å²) >= 11 is 1.38. The smallest absolute Gasteiger partial charge is 0.175 e. The molecular weight excluding hydrogens is 134 g/mol. The van der Waals surface area contributed by atoms with Gasteiger partial charge in [0.05, 0.1) is 6.07 Å². The Bertz CT molecular complexity index is 211. The number of rotatable bonds is 1. The summed E-state index contributed by atoms with van der Waals surface area (Å²) in [6.07, 6.45) is -0.940. The van der Waals surface area contributed by atoms with E-state index in [-0.39, 0.29) is 0 Å². The summed E-state index contributed by atoms with van der Waals surface area (Å²) in [7, 11) is 0. The summed E-state index contributed by atoms with van der Waals surface area (Å²) in [4.78, 5) is 0.706. The fourth-order valence-electron chi connectivity index (χ4n) is 0.510. The minimum atomic E-state index is -0.940. The lowest BCUT2D eigenvalue weighted by atomic mass is 10.3. The second kappa shape index (κ2) is 2.62. The Morgan fingerprint density at radius 1 is 1.78 bits per heavy atom. The van der Waals surface area contributed by atoms with E-state index >= 15 is 0 Å². The van der Waals surface area contributed by atoms with Crippen LogP contribution in [0.25, 0.3) is 0 Å². The number of hydrogen-bond donors (Lipinski definition) is 1. The van der Waals surface area contributed by atoms with Crippen LogP contribution in [0.5, 0.6) is 0 Å². The second-order valence-corrected chi connectivity index (χ2v) is 2.53. The lowest BCUT2D eigenvalue weighted by molar-refractivity contribution is 0.240. The number of aliphatic hydroxyl groups excluding tert-OH is 1. The van der Waals surface area contributed by atoms with Crippen molar-refractivity contribution in [3.8, 4) is 6.07 Å². The van der Waals surface area contributed by atoms with Crippen molar-refractivity contribution in [3.05, 3.63) is 22.4 Å². The summed E-state index contributed by atoms with van der Waals surface area (Å²) in [5, 5.41) is 18.9. The molecule has 0 unspecified atom stereocenters. The van der Waals surface area contributed by atoms with Gasteiger partial charge in [-0.1, -0.05) is 6.07 Å². The molecule has 0 fully saturated rings. The largest absolute Gasteiger partial charge is 0.373 e. The van der Waals surface area contributed by atoms with Crippen LogP contribution in [0.15, 0.2) is 17.5 Å². The predicted octanol–water partition coefficient (Wildman–Crippen LogP) is 1.31. The van der Waals surface area contributed by atoms with Gasteiger partial charge in [-0.15, -0.1) is 11.3 Å². The first kappa shape index (κ1) is 6.27. The van der Waals surface area contributed by atoms with E-state index in [4.69, 9.17) is 10.4 Å². The van der Waals surface area contributed by atoms with E-state index in [2.05, 4.69) is 0 Å². The van der Waals surface area contributed by atoms with Crippen molar-refractivity contribution >= 4 is 11.3 Å². The van der Waals surface area contributed by atoms with Crippen LogP contribution >= 0.6 is 11.3 Å². The zero-order valence-electron chi connectivity index (χ0n) is 4.61. The third-order valence-corrected chi connectivity index (χ3v) is 1.86. The highest BCUT2D eigenvalue weighted by atomic mass is 32.1. The first-order valence-corrected chi connectivity index (χ1v) is 3.33. The quantitative estimate of drug-likeness (QED) is 0.596. The molecule has 3 heteroatoms. The molecule has 1 aromatic rings. The van der Waals surface area contributed by atoms with Crippen LogP contribution in [-0.2, 0) is 0 Å². The highest BCUT2D eigenvalue weighted by molar-refractivity contribution is 7.10. The van der Waals surface area contributed by atoms with Gasteiger partial charge in [0, 0.05) is 4.88 Å². The van der Waals surface area contributed by atoms with E-state index in [0.29, 0.717) is 4.88 Å². The first-order chi connectivity index (χ1) is 4.34. The van der Waals surface area contributed by atoms with Crippen LogP contribution in [0.3, 0.4) is 0 Å². The van der Waals surface area contributed by atoms with Gasteiger partial charge in [0.25, 0.3) is 0 Å². The number of thiophene rings is 1. The molecule has 0 saturated heterocycles. The predicted molar refractivity (Wildman–Crippen MR) is 34.9 cm³/mol. The molecule has 0 aliphatic carbocycles. The fraction of sp³-hybridized carbons (Fsp3) is 0.167. The monoisotopic (exact) mass is 139 g/mol. The molecule has 0 aliphatic rings. The SMILES string of the molecule is N#C[C@@H](O)c1cccs1. The first-order valence-electron chi connectivity index (χ1n) is 2.45. The van der Waals surface area contributed by atoms with Crippen LogP contribution in [0, 0.1) is 11.3 Å². The van der Waals surface area contributed by atoms with Gasteiger partial charge in [-0.3, -0.25) is 0 Å². The van der Waals surface area contributed by atoms with Gasteiger partial charge in [-0.25, -0.2) is 0 Å². The van der Waals surface area contributed by atoms with Gasteiger partial charge in [0.2, 0.25) is 0 Å². The lowest BCUT2D eigenvalue weighted by Crippen LogP contribution is -1.86. The zero-order valence-corrected chi connectivity index (χ0v) is 5.43.